The number of carbonyl (C=O) groups excluding carboxylic acids is 1. The Labute approximate surface area is 171 Å². The van der Waals surface area contributed by atoms with Crippen LogP contribution in [0, 0.1) is 22.7 Å². The first-order chi connectivity index (χ1) is 13.2. The largest absolute Gasteiger partial charge is 0.389 e. The molecule has 2 aliphatic rings. The van der Waals surface area contributed by atoms with E-state index in [0.29, 0.717) is 31.1 Å². The maximum absolute atomic E-state index is 11.7. The monoisotopic (exact) mass is 392 g/mol. The molecule has 2 aliphatic carbocycles. The summed E-state index contributed by atoms with van der Waals surface area (Å²) in [6.07, 6.45) is 7.67. The van der Waals surface area contributed by atoms with E-state index >= 15 is 0 Å². The summed E-state index contributed by atoms with van der Waals surface area (Å²) in [7, 11) is 0. The van der Waals surface area contributed by atoms with Crippen molar-refractivity contribution < 1.29 is 19.4 Å². The Bertz CT molecular complexity index is 573. The summed E-state index contributed by atoms with van der Waals surface area (Å²) in [6, 6.07) is 0. The second kappa shape index (κ2) is 9.69. The fraction of sp³-hybridized carbons (Fsp3) is 0.792. The van der Waals surface area contributed by atoms with E-state index in [2.05, 4.69) is 27.4 Å². The van der Waals surface area contributed by atoms with Crippen LogP contribution in [0.1, 0.15) is 73.1 Å². The summed E-state index contributed by atoms with van der Waals surface area (Å²) >= 11 is 0. The van der Waals surface area contributed by atoms with Gasteiger partial charge in [0.2, 0.25) is 0 Å². The second-order valence-corrected chi connectivity index (χ2v) is 9.46. The van der Waals surface area contributed by atoms with Crippen LogP contribution in [0.3, 0.4) is 0 Å². The minimum Gasteiger partial charge on any atom is -0.389 e. The summed E-state index contributed by atoms with van der Waals surface area (Å²) < 4.78 is 11.2. The van der Waals surface area contributed by atoms with Gasteiger partial charge in [-0.1, -0.05) is 39.8 Å². The lowest BCUT2D eigenvalue weighted by Crippen LogP contribution is -2.52. The van der Waals surface area contributed by atoms with Crippen LogP contribution in [0.15, 0.2) is 23.8 Å². The summed E-state index contributed by atoms with van der Waals surface area (Å²) in [4.78, 5) is 11.7. The van der Waals surface area contributed by atoms with Gasteiger partial charge in [0.15, 0.2) is 6.29 Å². The number of fused-ring (bicyclic) bond motifs is 1. The quantitative estimate of drug-likeness (QED) is 0.258. The van der Waals surface area contributed by atoms with Crippen molar-refractivity contribution in [2.24, 2.45) is 22.7 Å². The van der Waals surface area contributed by atoms with Crippen molar-refractivity contribution in [2.75, 3.05) is 13.2 Å². The van der Waals surface area contributed by atoms with Crippen molar-refractivity contribution in [3.05, 3.63) is 23.8 Å². The van der Waals surface area contributed by atoms with Crippen LogP contribution in [0.25, 0.3) is 0 Å². The third-order valence-corrected chi connectivity index (χ3v) is 7.28. The number of aliphatic hydroxyl groups is 1. The molecule has 0 spiro atoms. The number of aliphatic hydroxyl groups excluding tert-OH is 1. The normalized spacial score (nSPS) is 33.0. The fourth-order valence-electron chi connectivity index (χ4n) is 5.80. The van der Waals surface area contributed by atoms with Crippen molar-refractivity contribution in [3.8, 4) is 0 Å². The lowest BCUT2D eigenvalue weighted by atomic mass is 9.46. The first-order valence-corrected chi connectivity index (χ1v) is 10.9. The Morgan fingerprint density at radius 1 is 1.25 bits per heavy atom. The Balaban J connectivity index is 2.21. The predicted molar refractivity (Wildman–Crippen MR) is 113 cm³/mol. The molecule has 28 heavy (non-hydrogen) atoms. The minimum atomic E-state index is -0.451. The first-order valence-electron chi connectivity index (χ1n) is 10.9. The van der Waals surface area contributed by atoms with Gasteiger partial charge >= 0.3 is 0 Å². The van der Waals surface area contributed by atoms with Gasteiger partial charge in [-0.3, -0.25) is 4.79 Å². The van der Waals surface area contributed by atoms with Gasteiger partial charge < -0.3 is 14.6 Å². The maximum Gasteiger partial charge on any atom is 0.161 e. The molecule has 160 valence electrons. The van der Waals surface area contributed by atoms with Crippen LogP contribution in [0.2, 0.25) is 0 Å². The summed E-state index contributed by atoms with van der Waals surface area (Å²) in [6.45, 7) is 16.3. The summed E-state index contributed by atoms with van der Waals surface area (Å²) in [5.41, 5.74) is 1.97. The Morgan fingerprint density at radius 2 is 1.89 bits per heavy atom. The average Bonchev–Trinajstić information content (AvgIpc) is 2.62. The third kappa shape index (κ3) is 4.95. The van der Waals surface area contributed by atoms with Gasteiger partial charge in [0.1, 0.15) is 6.29 Å². The van der Waals surface area contributed by atoms with Gasteiger partial charge in [-0.2, -0.15) is 0 Å². The molecule has 0 aromatic rings. The van der Waals surface area contributed by atoms with Crippen LogP contribution in [-0.2, 0) is 14.3 Å². The van der Waals surface area contributed by atoms with E-state index in [1.165, 1.54) is 12.8 Å². The average molecular weight is 393 g/mol. The number of carbonyl (C=O) groups is 1. The van der Waals surface area contributed by atoms with Crippen molar-refractivity contribution in [1.29, 1.82) is 0 Å². The highest BCUT2D eigenvalue weighted by molar-refractivity contribution is 5.73. The van der Waals surface area contributed by atoms with Crippen molar-refractivity contribution in [3.63, 3.8) is 0 Å². The van der Waals surface area contributed by atoms with E-state index in [9.17, 15) is 9.90 Å². The van der Waals surface area contributed by atoms with Gasteiger partial charge in [-0.05, 0) is 73.3 Å². The van der Waals surface area contributed by atoms with Crippen molar-refractivity contribution in [2.45, 2.75) is 85.5 Å². The van der Waals surface area contributed by atoms with Crippen molar-refractivity contribution >= 4 is 6.29 Å². The molecule has 0 heterocycles. The molecule has 2 rings (SSSR count). The Kier molecular flexibility index (Phi) is 8.06. The van der Waals surface area contributed by atoms with Crippen LogP contribution in [0.4, 0.5) is 0 Å². The number of hydrogen-bond donors (Lipinski definition) is 1. The molecule has 0 bridgehead atoms. The van der Waals surface area contributed by atoms with Gasteiger partial charge in [-0.15, -0.1) is 0 Å². The van der Waals surface area contributed by atoms with Crippen LogP contribution in [-0.4, -0.2) is 37.0 Å². The highest BCUT2D eigenvalue weighted by Gasteiger charge is 2.54. The Morgan fingerprint density at radius 3 is 2.46 bits per heavy atom. The lowest BCUT2D eigenvalue weighted by molar-refractivity contribution is -0.136. The fourth-order valence-corrected chi connectivity index (χ4v) is 5.80. The van der Waals surface area contributed by atoms with E-state index < -0.39 is 6.10 Å². The second-order valence-electron chi connectivity index (χ2n) is 9.46. The third-order valence-electron chi connectivity index (χ3n) is 7.28. The zero-order valence-corrected chi connectivity index (χ0v) is 18.5. The Hall–Kier alpha value is -0.970. The molecular weight excluding hydrogens is 352 g/mol. The molecule has 0 amide bonds. The summed E-state index contributed by atoms with van der Waals surface area (Å²) in [5, 5.41) is 10.7. The number of hydrogen-bond acceptors (Lipinski definition) is 4. The molecule has 4 heteroatoms. The van der Waals surface area contributed by atoms with E-state index in [0.717, 1.165) is 31.1 Å². The molecule has 0 saturated heterocycles. The molecule has 0 aromatic heterocycles. The lowest BCUT2D eigenvalue weighted by Gasteiger charge is -2.59. The highest BCUT2D eigenvalue weighted by Crippen LogP contribution is 2.61. The zero-order chi connectivity index (χ0) is 20.9. The van der Waals surface area contributed by atoms with Gasteiger partial charge in [-0.25, -0.2) is 0 Å². The number of ether oxygens (including phenoxy) is 2. The molecule has 4 atom stereocenters. The van der Waals surface area contributed by atoms with Crippen molar-refractivity contribution in [1.82, 2.24) is 0 Å². The zero-order valence-electron chi connectivity index (χ0n) is 18.5. The molecule has 4 nitrogen and oxygen atoms in total. The number of allylic oxidation sites excluding steroid dienone is 1. The van der Waals surface area contributed by atoms with Crippen LogP contribution >= 0.6 is 0 Å². The minimum absolute atomic E-state index is 0.113. The summed E-state index contributed by atoms with van der Waals surface area (Å²) in [5.74, 6) is 0.653. The predicted octanol–water partition coefficient (Wildman–Crippen LogP) is 5.06. The molecule has 4 unspecified atom stereocenters. The molecular formula is C24H40O4. The van der Waals surface area contributed by atoms with Crippen LogP contribution in [0.5, 0.6) is 0 Å². The molecule has 2 saturated carbocycles. The maximum atomic E-state index is 11.7. The molecule has 1 N–H and O–H groups in total. The standard InChI is InChI=1S/C24H40O4/c1-7-27-22(28-8-2)14-18(16-25)10-11-19-17(3)20(26)15-21-23(4,5)12-9-13-24(19,21)6/h10,16,19-22,26H,3,7-9,11-15H2,1-2,4-6H3. The first kappa shape index (κ1) is 23.3. The molecule has 2 fully saturated rings. The molecule has 0 aliphatic heterocycles. The van der Waals surface area contributed by atoms with Gasteiger partial charge in [0.25, 0.3) is 0 Å². The van der Waals surface area contributed by atoms with E-state index in [1.807, 2.05) is 19.9 Å². The van der Waals surface area contributed by atoms with E-state index in [1.54, 1.807) is 0 Å². The SMILES string of the molecule is C=C1C(O)CC2C(C)(C)CCCC2(C)C1CC=C(C=O)CC(OCC)OCC. The smallest absolute Gasteiger partial charge is 0.161 e. The van der Waals surface area contributed by atoms with Gasteiger partial charge in [0, 0.05) is 19.6 Å². The van der Waals surface area contributed by atoms with E-state index in [-0.39, 0.29) is 23.0 Å². The highest BCUT2D eigenvalue weighted by atomic mass is 16.7. The van der Waals surface area contributed by atoms with E-state index in [4.69, 9.17) is 9.47 Å². The molecule has 0 radical (unpaired) electrons. The number of aldehydes is 1. The van der Waals surface area contributed by atoms with Gasteiger partial charge in [0.05, 0.1) is 6.10 Å². The topological polar surface area (TPSA) is 55.8 Å². The molecule has 0 aromatic carbocycles. The van der Waals surface area contributed by atoms with Crippen LogP contribution < -0.4 is 0 Å². The number of rotatable bonds is 9.